The summed E-state index contributed by atoms with van der Waals surface area (Å²) in [7, 11) is 0. The molecule has 1 aliphatic rings. The molecule has 1 fully saturated rings. The van der Waals surface area contributed by atoms with Crippen LogP contribution in [0.3, 0.4) is 0 Å². The van der Waals surface area contributed by atoms with Crippen molar-refractivity contribution in [2.24, 2.45) is 0 Å². The van der Waals surface area contributed by atoms with E-state index < -0.39 is 5.60 Å². The van der Waals surface area contributed by atoms with Gasteiger partial charge in [0.25, 0.3) is 0 Å². The summed E-state index contributed by atoms with van der Waals surface area (Å²) in [5.74, 6) is 6.04. The van der Waals surface area contributed by atoms with Crippen molar-refractivity contribution in [1.82, 2.24) is 10.2 Å². The Hall–Kier alpha value is -1.21. The molecule has 20 heavy (non-hydrogen) atoms. The van der Waals surface area contributed by atoms with Crippen molar-refractivity contribution >= 4 is 6.09 Å². The first kappa shape index (κ1) is 16.8. The summed E-state index contributed by atoms with van der Waals surface area (Å²) in [6, 6.07) is 0.412. The normalized spacial score (nSPS) is 19.9. The molecule has 1 saturated heterocycles. The van der Waals surface area contributed by atoms with Gasteiger partial charge >= 0.3 is 6.09 Å². The van der Waals surface area contributed by atoms with Gasteiger partial charge < -0.3 is 10.1 Å². The summed E-state index contributed by atoms with van der Waals surface area (Å²) < 4.78 is 5.27. The Kier molecular flexibility index (Phi) is 6.87. The molecule has 1 aliphatic heterocycles. The van der Waals surface area contributed by atoms with Crippen molar-refractivity contribution in [3.63, 3.8) is 0 Å². The molecule has 0 radical (unpaired) electrons. The highest BCUT2D eigenvalue weighted by Gasteiger charge is 2.23. The zero-order chi connectivity index (χ0) is 15.0. The van der Waals surface area contributed by atoms with Crippen LogP contribution in [0, 0.1) is 11.8 Å². The molecule has 4 heteroatoms. The van der Waals surface area contributed by atoms with Crippen molar-refractivity contribution in [3.8, 4) is 11.8 Å². The van der Waals surface area contributed by atoms with Crippen molar-refractivity contribution in [1.29, 1.82) is 0 Å². The largest absolute Gasteiger partial charge is 0.444 e. The average Bonchev–Trinajstić information content (AvgIpc) is 2.36. The molecule has 4 nitrogen and oxygen atoms in total. The number of likely N-dealkylation sites (tertiary alicyclic amines) is 1. The molecule has 1 rings (SSSR count). The van der Waals surface area contributed by atoms with E-state index in [1.807, 2.05) is 27.7 Å². The molecule has 0 aromatic rings. The molecule has 1 atom stereocenters. The summed E-state index contributed by atoms with van der Waals surface area (Å²) in [5, 5.41) is 2.89. The van der Waals surface area contributed by atoms with Crippen LogP contribution in [-0.4, -0.2) is 42.3 Å². The molecular formula is C16H28N2O2. The Bertz CT molecular complexity index is 363. The number of amides is 1. The van der Waals surface area contributed by atoms with Crippen molar-refractivity contribution in [2.75, 3.05) is 19.6 Å². The van der Waals surface area contributed by atoms with Crippen LogP contribution in [0.15, 0.2) is 0 Å². The van der Waals surface area contributed by atoms with E-state index in [2.05, 4.69) is 22.1 Å². The van der Waals surface area contributed by atoms with Crippen LogP contribution >= 0.6 is 0 Å². The zero-order valence-electron chi connectivity index (χ0n) is 13.3. The van der Waals surface area contributed by atoms with Crippen molar-refractivity contribution < 1.29 is 9.53 Å². The van der Waals surface area contributed by atoms with Gasteiger partial charge in [0, 0.05) is 25.6 Å². The molecule has 0 aliphatic carbocycles. The Morgan fingerprint density at radius 1 is 1.40 bits per heavy atom. The molecule has 0 spiro atoms. The molecule has 1 N–H and O–H groups in total. The zero-order valence-corrected chi connectivity index (χ0v) is 13.3. The number of hydrogen-bond acceptors (Lipinski definition) is 3. The minimum atomic E-state index is -0.437. The molecule has 114 valence electrons. The first-order valence-corrected chi connectivity index (χ1v) is 7.53. The number of hydrogen-bond donors (Lipinski definition) is 1. The Labute approximate surface area is 123 Å². The highest BCUT2D eigenvalue weighted by Crippen LogP contribution is 2.16. The van der Waals surface area contributed by atoms with Gasteiger partial charge in [0.2, 0.25) is 0 Å². The van der Waals surface area contributed by atoms with Gasteiger partial charge in [0.05, 0.1) is 0 Å². The maximum Gasteiger partial charge on any atom is 0.407 e. The number of nitrogens with zero attached hydrogens (tertiary/aromatic N) is 1. The first-order chi connectivity index (χ1) is 9.42. The maximum atomic E-state index is 11.7. The summed E-state index contributed by atoms with van der Waals surface area (Å²) >= 11 is 0. The quantitative estimate of drug-likeness (QED) is 0.805. The third-order valence-corrected chi connectivity index (χ3v) is 3.33. The van der Waals surface area contributed by atoms with Crippen LogP contribution in [0.2, 0.25) is 0 Å². The van der Waals surface area contributed by atoms with Crippen LogP contribution in [-0.2, 0) is 4.74 Å². The third kappa shape index (κ3) is 6.81. The lowest BCUT2D eigenvalue weighted by atomic mass is 10.0. The summed E-state index contributed by atoms with van der Waals surface area (Å²) in [5.41, 5.74) is -0.437. The van der Waals surface area contributed by atoms with Gasteiger partial charge in [0.1, 0.15) is 5.60 Å². The summed E-state index contributed by atoms with van der Waals surface area (Å²) in [4.78, 5) is 14.1. The van der Waals surface area contributed by atoms with Crippen LogP contribution in [0.25, 0.3) is 0 Å². The molecule has 1 amide bonds. The molecule has 1 unspecified atom stereocenters. The van der Waals surface area contributed by atoms with E-state index in [0.29, 0.717) is 12.6 Å². The number of carbonyl (C=O) groups is 1. The smallest absolute Gasteiger partial charge is 0.407 e. The maximum absolute atomic E-state index is 11.7. The fourth-order valence-electron chi connectivity index (χ4n) is 2.43. The predicted molar refractivity (Wildman–Crippen MR) is 81.5 cm³/mol. The predicted octanol–water partition coefficient (Wildman–Crippen LogP) is 2.78. The molecule has 0 aromatic carbocycles. The van der Waals surface area contributed by atoms with Gasteiger partial charge in [-0.2, -0.15) is 0 Å². The summed E-state index contributed by atoms with van der Waals surface area (Å²) in [6.07, 6.45) is 4.19. The fourth-order valence-corrected chi connectivity index (χ4v) is 2.43. The second-order valence-electron chi connectivity index (χ2n) is 6.25. The van der Waals surface area contributed by atoms with E-state index in [1.54, 1.807) is 0 Å². The van der Waals surface area contributed by atoms with Gasteiger partial charge in [-0.05, 0) is 47.1 Å². The fraction of sp³-hybridized carbons (Fsp3) is 0.812. The second-order valence-corrected chi connectivity index (χ2v) is 6.25. The van der Waals surface area contributed by atoms with Crippen molar-refractivity contribution in [3.05, 3.63) is 0 Å². The summed E-state index contributed by atoms with van der Waals surface area (Å²) in [6.45, 7) is 10.3. The topological polar surface area (TPSA) is 41.6 Å². The lowest BCUT2D eigenvalue weighted by molar-refractivity contribution is 0.0496. The lowest BCUT2D eigenvalue weighted by Gasteiger charge is -2.35. The van der Waals surface area contributed by atoms with Crippen LogP contribution in [0.5, 0.6) is 0 Å². The monoisotopic (exact) mass is 280 g/mol. The Balaban J connectivity index is 2.37. The van der Waals surface area contributed by atoms with E-state index in [9.17, 15) is 4.79 Å². The molecule has 1 heterocycles. The molecule has 0 aromatic heterocycles. The SMILES string of the molecule is CC#CCCN1CCCCC1CNC(=O)OC(C)(C)C. The lowest BCUT2D eigenvalue weighted by Crippen LogP contribution is -2.47. The standard InChI is InChI=1S/C16H28N2O2/c1-5-6-8-11-18-12-9-7-10-14(18)13-17-15(19)20-16(2,3)4/h14H,7-13H2,1-4H3,(H,17,19). The average molecular weight is 280 g/mol. The number of nitrogens with one attached hydrogen (secondary N) is 1. The van der Waals surface area contributed by atoms with Crippen molar-refractivity contribution in [2.45, 2.75) is 65.0 Å². The van der Waals surface area contributed by atoms with Crippen LogP contribution in [0.4, 0.5) is 4.79 Å². The Morgan fingerprint density at radius 3 is 2.80 bits per heavy atom. The van der Waals surface area contributed by atoms with E-state index >= 15 is 0 Å². The third-order valence-electron chi connectivity index (χ3n) is 3.33. The van der Waals surface area contributed by atoms with E-state index in [-0.39, 0.29) is 6.09 Å². The van der Waals surface area contributed by atoms with E-state index in [0.717, 1.165) is 25.9 Å². The van der Waals surface area contributed by atoms with Gasteiger partial charge in [-0.15, -0.1) is 11.8 Å². The molecule has 0 saturated carbocycles. The Morgan fingerprint density at radius 2 is 2.15 bits per heavy atom. The second kappa shape index (κ2) is 8.16. The van der Waals surface area contributed by atoms with Crippen LogP contribution in [0.1, 0.15) is 53.4 Å². The number of ether oxygens (including phenoxy) is 1. The number of piperidine rings is 1. The highest BCUT2D eigenvalue weighted by atomic mass is 16.6. The number of alkyl carbamates (subject to hydrolysis) is 1. The van der Waals surface area contributed by atoms with E-state index in [4.69, 9.17) is 4.74 Å². The van der Waals surface area contributed by atoms with E-state index in [1.165, 1.54) is 12.8 Å². The highest BCUT2D eigenvalue weighted by molar-refractivity contribution is 5.67. The van der Waals surface area contributed by atoms with Gasteiger partial charge in [-0.1, -0.05) is 6.42 Å². The van der Waals surface area contributed by atoms with Gasteiger partial charge in [0.15, 0.2) is 0 Å². The first-order valence-electron chi connectivity index (χ1n) is 7.53. The minimum absolute atomic E-state index is 0.323. The number of rotatable bonds is 4. The minimum Gasteiger partial charge on any atom is -0.444 e. The number of carbonyl (C=O) groups excluding carboxylic acids is 1. The van der Waals surface area contributed by atoms with Crippen LogP contribution < -0.4 is 5.32 Å². The van der Waals surface area contributed by atoms with Gasteiger partial charge in [-0.3, -0.25) is 4.90 Å². The molecule has 0 bridgehead atoms. The van der Waals surface area contributed by atoms with Gasteiger partial charge in [-0.25, -0.2) is 4.79 Å². The molecular weight excluding hydrogens is 252 g/mol.